The number of hydrogen-bond donors (Lipinski definition) is 0. The molecule has 1 aliphatic carbocycles. The SMILES string of the molecule is COC[C@H]1CN(CC2CC2)C[C@@]12CCN(C(=O)c1cc(C)no1)C2. The van der Waals surface area contributed by atoms with Gasteiger partial charge in [-0.2, -0.15) is 0 Å². The van der Waals surface area contributed by atoms with Crippen LogP contribution in [0, 0.1) is 24.2 Å². The maximum atomic E-state index is 12.7. The Hall–Kier alpha value is -1.40. The fourth-order valence-corrected chi connectivity index (χ4v) is 4.53. The Morgan fingerprint density at radius 2 is 2.29 bits per heavy atom. The van der Waals surface area contributed by atoms with Crippen LogP contribution >= 0.6 is 0 Å². The third-order valence-electron chi connectivity index (χ3n) is 5.98. The van der Waals surface area contributed by atoms with Crippen LogP contribution in [0.3, 0.4) is 0 Å². The zero-order valence-electron chi connectivity index (χ0n) is 14.7. The zero-order chi connectivity index (χ0) is 16.7. The van der Waals surface area contributed by atoms with Crippen LogP contribution in [0.4, 0.5) is 0 Å². The van der Waals surface area contributed by atoms with Crippen molar-refractivity contribution in [1.29, 1.82) is 0 Å². The van der Waals surface area contributed by atoms with E-state index in [1.807, 2.05) is 11.8 Å². The maximum Gasteiger partial charge on any atom is 0.292 e. The van der Waals surface area contributed by atoms with Gasteiger partial charge in [0.15, 0.2) is 0 Å². The van der Waals surface area contributed by atoms with Crippen LogP contribution in [0.1, 0.15) is 35.5 Å². The highest BCUT2D eigenvalue weighted by atomic mass is 16.5. The molecule has 1 aromatic heterocycles. The van der Waals surface area contributed by atoms with Gasteiger partial charge in [-0.1, -0.05) is 5.16 Å². The summed E-state index contributed by atoms with van der Waals surface area (Å²) in [7, 11) is 1.78. The lowest BCUT2D eigenvalue weighted by Crippen LogP contribution is -2.38. The minimum absolute atomic E-state index is 0.0238. The summed E-state index contributed by atoms with van der Waals surface area (Å²) in [5.41, 5.74) is 0.927. The van der Waals surface area contributed by atoms with Gasteiger partial charge in [0.05, 0.1) is 12.3 Å². The van der Waals surface area contributed by atoms with E-state index in [0.717, 1.165) is 50.8 Å². The molecule has 0 radical (unpaired) electrons. The fraction of sp³-hybridized carbons (Fsp3) is 0.778. The van der Waals surface area contributed by atoms with Crippen LogP contribution in [-0.2, 0) is 4.74 Å². The van der Waals surface area contributed by atoms with Crippen LogP contribution < -0.4 is 0 Å². The Morgan fingerprint density at radius 3 is 2.96 bits per heavy atom. The van der Waals surface area contributed by atoms with Gasteiger partial charge in [0.2, 0.25) is 5.76 Å². The standard InChI is InChI=1S/C18H27N3O3/c1-13-7-16(24-19-13)17(22)21-6-5-18(12-21)11-20(8-14-3-4-14)9-15(18)10-23-2/h7,14-15H,3-6,8-12H2,1-2H3/t15-,18-/m1/s1. The van der Waals surface area contributed by atoms with Crippen LogP contribution in [0.25, 0.3) is 0 Å². The predicted molar refractivity (Wildman–Crippen MR) is 88.7 cm³/mol. The number of aryl methyl sites for hydroxylation is 1. The van der Waals surface area contributed by atoms with Gasteiger partial charge in [0.1, 0.15) is 0 Å². The van der Waals surface area contributed by atoms with E-state index in [-0.39, 0.29) is 11.3 Å². The molecule has 4 rings (SSSR count). The first kappa shape index (κ1) is 16.1. The molecule has 3 fully saturated rings. The molecule has 3 heterocycles. The molecule has 6 nitrogen and oxygen atoms in total. The molecule has 0 unspecified atom stereocenters. The Labute approximate surface area is 143 Å². The predicted octanol–water partition coefficient (Wildman–Crippen LogP) is 1.80. The van der Waals surface area contributed by atoms with Crippen molar-refractivity contribution in [1.82, 2.24) is 15.0 Å². The zero-order valence-corrected chi connectivity index (χ0v) is 14.7. The third-order valence-corrected chi connectivity index (χ3v) is 5.98. The molecule has 6 heteroatoms. The Balaban J connectivity index is 1.46. The Kier molecular flexibility index (Phi) is 4.12. The number of methoxy groups -OCH3 is 1. The lowest BCUT2D eigenvalue weighted by molar-refractivity contribution is 0.0680. The molecular weight excluding hydrogens is 306 g/mol. The molecular formula is C18H27N3O3. The topological polar surface area (TPSA) is 58.8 Å². The molecule has 132 valence electrons. The molecule has 24 heavy (non-hydrogen) atoms. The summed E-state index contributed by atoms with van der Waals surface area (Å²) in [6.45, 7) is 7.65. The number of carbonyl (C=O) groups excluding carboxylic acids is 1. The monoisotopic (exact) mass is 333 g/mol. The Bertz CT molecular complexity index is 612. The van der Waals surface area contributed by atoms with E-state index in [4.69, 9.17) is 9.26 Å². The van der Waals surface area contributed by atoms with Gasteiger partial charge in [-0.25, -0.2) is 0 Å². The van der Waals surface area contributed by atoms with Crippen molar-refractivity contribution in [2.75, 3.05) is 46.4 Å². The van der Waals surface area contributed by atoms with E-state index >= 15 is 0 Å². The summed E-state index contributed by atoms with van der Waals surface area (Å²) in [4.78, 5) is 17.2. The number of aromatic nitrogens is 1. The van der Waals surface area contributed by atoms with Crippen molar-refractivity contribution >= 4 is 5.91 Å². The van der Waals surface area contributed by atoms with E-state index in [1.54, 1.807) is 13.2 Å². The first-order valence-electron chi connectivity index (χ1n) is 9.03. The largest absolute Gasteiger partial charge is 0.384 e. The summed E-state index contributed by atoms with van der Waals surface area (Å²) in [6, 6.07) is 1.73. The number of amides is 1. The number of ether oxygens (including phenoxy) is 1. The maximum absolute atomic E-state index is 12.7. The molecule has 1 spiro atoms. The van der Waals surface area contributed by atoms with Crippen molar-refractivity contribution < 1.29 is 14.1 Å². The van der Waals surface area contributed by atoms with Crippen LogP contribution in [0.2, 0.25) is 0 Å². The molecule has 1 saturated carbocycles. The number of rotatable bonds is 5. The van der Waals surface area contributed by atoms with Crippen LogP contribution in [-0.4, -0.2) is 67.3 Å². The van der Waals surface area contributed by atoms with Crippen molar-refractivity contribution in [3.63, 3.8) is 0 Å². The first-order chi connectivity index (χ1) is 11.6. The minimum Gasteiger partial charge on any atom is -0.384 e. The van der Waals surface area contributed by atoms with Crippen molar-refractivity contribution in [2.24, 2.45) is 17.3 Å². The van der Waals surface area contributed by atoms with Crippen LogP contribution in [0.5, 0.6) is 0 Å². The highest BCUT2D eigenvalue weighted by Crippen LogP contribution is 2.45. The van der Waals surface area contributed by atoms with Gasteiger partial charge >= 0.3 is 0 Å². The number of hydrogen-bond acceptors (Lipinski definition) is 5. The second-order valence-electron chi connectivity index (χ2n) is 7.96. The van der Waals surface area contributed by atoms with Gasteiger partial charge in [-0.05, 0) is 32.1 Å². The van der Waals surface area contributed by atoms with E-state index in [1.165, 1.54) is 19.4 Å². The summed E-state index contributed by atoms with van der Waals surface area (Å²) in [6.07, 6.45) is 3.82. The molecule has 2 atom stereocenters. The molecule has 1 amide bonds. The molecule has 3 aliphatic rings. The minimum atomic E-state index is -0.0238. The third kappa shape index (κ3) is 2.97. The normalized spacial score (nSPS) is 30.6. The first-order valence-corrected chi connectivity index (χ1v) is 9.03. The van der Waals surface area contributed by atoms with Crippen molar-refractivity contribution in [3.05, 3.63) is 17.5 Å². The summed E-state index contributed by atoms with van der Waals surface area (Å²) >= 11 is 0. The van der Waals surface area contributed by atoms with Crippen molar-refractivity contribution in [3.8, 4) is 0 Å². The summed E-state index contributed by atoms with van der Waals surface area (Å²) < 4.78 is 10.7. The lowest BCUT2D eigenvalue weighted by Gasteiger charge is -2.30. The second-order valence-corrected chi connectivity index (χ2v) is 7.96. The van der Waals surface area contributed by atoms with Gasteiger partial charge in [0.25, 0.3) is 5.91 Å². The average molecular weight is 333 g/mol. The Morgan fingerprint density at radius 1 is 1.46 bits per heavy atom. The van der Waals surface area contributed by atoms with Crippen LogP contribution in [0.15, 0.2) is 10.6 Å². The smallest absolute Gasteiger partial charge is 0.292 e. The second kappa shape index (κ2) is 6.15. The summed E-state index contributed by atoms with van der Waals surface area (Å²) in [5, 5.41) is 3.84. The van der Waals surface area contributed by atoms with Gasteiger partial charge in [-0.3, -0.25) is 4.79 Å². The molecule has 2 saturated heterocycles. The quantitative estimate of drug-likeness (QED) is 0.822. The molecule has 1 aromatic rings. The number of nitrogens with zero attached hydrogens (tertiary/aromatic N) is 3. The van der Waals surface area contributed by atoms with E-state index in [9.17, 15) is 4.79 Å². The summed E-state index contributed by atoms with van der Waals surface area (Å²) in [5.74, 6) is 1.75. The van der Waals surface area contributed by atoms with Gasteiger partial charge in [-0.15, -0.1) is 0 Å². The van der Waals surface area contributed by atoms with Crippen molar-refractivity contribution in [2.45, 2.75) is 26.2 Å². The average Bonchev–Trinajstić information content (AvgIpc) is 2.96. The lowest BCUT2D eigenvalue weighted by atomic mass is 9.77. The van der Waals surface area contributed by atoms with Gasteiger partial charge < -0.3 is 19.1 Å². The highest BCUT2D eigenvalue weighted by Gasteiger charge is 2.51. The fourth-order valence-electron chi connectivity index (χ4n) is 4.53. The van der Waals surface area contributed by atoms with E-state index in [0.29, 0.717) is 11.7 Å². The number of carbonyl (C=O) groups is 1. The highest BCUT2D eigenvalue weighted by molar-refractivity contribution is 5.91. The van der Waals surface area contributed by atoms with E-state index < -0.39 is 0 Å². The van der Waals surface area contributed by atoms with Gasteiger partial charge in [0, 0.05) is 57.2 Å². The molecule has 2 aliphatic heterocycles. The van der Waals surface area contributed by atoms with E-state index in [2.05, 4.69) is 10.1 Å². The molecule has 0 N–H and O–H groups in total. The number of likely N-dealkylation sites (tertiary alicyclic amines) is 2. The molecule has 0 aromatic carbocycles. The molecule has 0 bridgehead atoms.